The van der Waals surface area contributed by atoms with Gasteiger partial charge in [-0.15, -0.1) is 11.3 Å². The maximum absolute atomic E-state index is 13.2. The number of rotatable bonds is 9. The van der Waals surface area contributed by atoms with Crippen molar-refractivity contribution in [2.45, 2.75) is 24.8 Å². The molecule has 2 fully saturated rings. The smallest absolute Gasteiger partial charge is 0.251 e. The molecule has 2 aliphatic heterocycles. The number of nitrogens with two attached hydrogens (primary N) is 1. The number of likely N-dealkylation sites (tertiary alicyclic amines) is 1. The van der Waals surface area contributed by atoms with Crippen LogP contribution in [0.25, 0.3) is 0 Å². The van der Waals surface area contributed by atoms with Crippen molar-refractivity contribution in [3.8, 4) is 11.5 Å². The molecule has 5 N–H and O–H groups in total. The third kappa shape index (κ3) is 6.30. The second-order valence-corrected chi connectivity index (χ2v) is 10.5. The Balaban J connectivity index is 1.18. The van der Waals surface area contributed by atoms with Crippen molar-refractivity contribution < 1.29 is 28.6 Å². The van der Waals surface area contributed by atoms with Crippen LogP contribution in [0.5, 0.6) is 11.5 Å². The third-order valence-electron chi connectivity index (χ3n) is 6.59. The molecule has 208 valence electrons. The average molecular weight is 564 g/mol. The standard InChI is InChI=1S/C28H29N5O6S/c29-25(30)23-11-10-21(40-23)15-31-27(36)22-14-28(37-12-13-38-28)17-33(22)24(34)16-32-26(35)18-6-8-20(9-7-18)39-19-4-2-1-3-5-19/h1-11,22H,12-17H2,(H3,29,30)(H,31,36)(H,32,35)/t22-/m0/s1. The van der Waals surface area contributed by atoms with Crippen molar-refractivity contribution in [2.24, 2.45) is 5.73 Å². The summed E-state index contributed by atoms with van der Waals surface area (Å²) in [6.45, 7) is 0.762. The number of carbonyl (C=O) groups excluding carboxylic acids is 3. The SMILES string of the molecule is N=C(N)c1ccc(CNC(=O)[C@@H]2CC3(CN2C(=O)CNC(=O)c2ccc(Oc4ccccc4)cc2)OCCO3)s1. The molecule has 0 aliphatic carbocycles. The lowest BCUT2D eigenvalue weighted by Crippen LogP contribution is -2.49. The predicted molar refractivity (Wildman–Crippen MR) is 147 cm³/mol. The van der Waals surface area contributed by atoms with Crippen molar-refractivity contribution >= 4 is 34.9 Å². The molecule has 0 radical (unpaired) electrons. The number of hydrogen-bond acceptors (Lipinski definition) is 8. The molecule has 0 unspecified atom stereocenters. The number of amidine groups is 1. The van der Waals surface area contributed by atoms with E-state index in [1.54, 1.807) is 36.4 Å². The van der Waals surface area contributed by atoms with E-state index in [2.05, 4.69) is 10.6 Å². The zero-order valence-corrected chi connectivity index (χ0v) is 22.4. The molecule has 40 heavy (non-hydrogen) atoms. The van der Waals surface area contributed by atoms with Crippen LogP contribution in [0, 0.1) is 5.41 Å². The molecule has 3 heterocycles. The summed E-state index contributed by atoms with van der Waals surface area (Å²) in [6.07, 6.45) is 0.185. The molecule has 3 amide bonds. The fraction of sp³-hybridized carbons (Fsp3) is 0.286. The number of ether oxygens (including phenoxy) is 3. The number of thiophene rings is 1. The van der Waals surface area contributed by atoms with E-state index >= 15 is 0 Å². The lowest BCUT2D eigenvalue weighted by molar-refractivity contribution is -0.152. The number of amides is 3. The first-order chi connectivity index (χ1) is 19.3. The van der Waals surface area contributed by atoms with Gasteiger partial charge in [-0.3, -0.25) is 19.8 Å². The average Bonchev–Trinajstić information content (AvgIpc) is 3.72. The Bertz CT molecular complexity index is 1390. The Hall–Kier alpha value is -4.26. The molecular weight excluding hydrogens is 534 g/mol. The molecule has 2 aromatic carbocycles. The first-order valence-electron chi connectivity index (χ1n) is 12.7. The van der Waals surface area contributed by atoms with Gasteiger partial charge in [0.15, 0.2) is 5.79 Å². The molecule has 1 atom stereocenters. The maximum atomic E-state index is 13.2. The second-order valence-electron chi connectivity index (χ2n) is 9.37. The Morgan fingerprint density at radius 1 is 1.00 bits per heavy atom. The van der Waals surface area contributed by atoms with Gasteiger partial charge in [-0.05, 0) is 48.5 Å². The zero-order valence-electron chi connectivity index (χ0n) is 21.6. The highest BCUT2D eigenvalue weighted by Gasteiger charge is 2.52. The van der Waals surface area contributed by atoms with Gasteiger partial charge in [0.2, 0.25) is 11.8 Å². The van der Waals surface area contributed by atoms with E-state index < -0.39 is 23.6 Å². The largest absolute Gasteiger partial charge is 0.457 e. The molecule has 2 aliphatic rings. The Morgan fingerprint density at radius 3 is 2.38 bits per heavy atom. The molecule has 1 aromatic heterocycles. The van der Waals surface area contributed by atoms with Gasteiger partial charge in [0.25, 0.3) is 5.91 Å². The normalized spacial score (nSPS) is 17.5. The number of nitrogen functional groups attached to an aromatic ring is 1. The van der Waals surface area contributed by atoms with Gasteiger partial charge >= 0.3 is 0 Å². The Labute approximate surface area is 234 Å². The van der Waals surface area contributed by atoms with Crippen molar-refractivity contribution in [3.63, 3.8) is 0 Å². The molecule has 12 heteroatoms. The predicted octanol–water partition coefficient (Wildman–Crippen LogP) is 2.21. The van der Waals surface area contributed by atoms with E-state index in [0.717, 1.165) is 4.88 Å². The minimum absolute atomic E-state index is 0.0360. The van der Waals surface area contributed by atoms with E-state index in [9.17, 15) is 14.4 Å². The van der Waals surface area contributed by atoms with E-state index in [-0.39, 0.29) is 37.8 Å². The molecule has 0 saturated carbocycles. The summed E-state index contributed by atoms with van der Waals surface area (Å²) in [6, 6.07) is 18.5. The molecular formula is C28H29N5O6S. The van der Waals surface area contributed by atoms with Gasteiger partial charge in [0.1, 0.15) is 23.4 Å². The fourth-order valence-corrected chi connectivity index (χ4v) is 5.42. The highest BCUT2D eigenvalue weighted by molar-refractivity contribution is 7.14. The molecule has 0 bridgehead atoms. The summed E-state index contributed by atoms with van der Waals surface area (Å²) in [5.74, 6) is -1.04. The Kier molecular flexibility index (Phi) is 8.10. The monoisotopic (exact) mass is 563 g/mol. The van der Waals surface area contributed by atoms with Crippen LogP contribution in [0.2, 0.25) is 0 Å². The van der Waals surface area contributed by atoms with Gasteiger partial charge in [-0.2, -0.15) is 0 Å². The number of nitrogens with zero attached hydrogens (tertiary/aromatic N) is 1. The molecule has 3 aromatic rings. The maximum Gasteiger partial charge on any atom is 0.251 e. The third-order valence-corrected chi connectivity index (χ3v) is 7.71. The van der Waals surface area contributed by atoms with E-state index in [1.165, 1.54) is 16.2 Å². The number of benzene rings is 2. The highest BCUT2D eigenvalue weighted by Crippen LogP contribution is 2.35. The lowest BCUT2D eigenvalue weighted by atomic mass is 10.1. The van der Waals surface area contributed by atoms with Gasteiger partial charge in [0, 0.05) is 16.9 Å². The highest BCUT2D eigenvalue weighted by atomic mass is 32.1. The van der Waals surface area contributed by atoms with E-state index in [4.69, 9.17) is 25.4 Å². The van der Waals surface area contributed by atoms with E-state index in [0.29, 0.717) is 35.2 Å². The van der Waals surface area contributed by atoms with Crippen LogP contribution >= 0.6 is 11.3 Å². The summed E-state index contributed by atoms with van der Waals surface area (Å²) in [4.78, 5) is 41.9. The minimum atomic E-state index is -1.04. The molecule has 1 spiro atoms. The van der Waals surface area contributed by atoms with Crippen molar-refractivity contribution in [3.05, 3.63) is 82.0 Å². The molecule has 2 saturated heterocycles. The van der Waals surface area contributed by atoms with Crippen LogP contribution in [-0.2, 0) is 25.6 Å². The topological polar surface area (TPSA) is 156 Å². The van der Waals surface area contributed by atoms with Crippen molar-refractivity contribution in [1.29, 1.82) is 5.41 Å². The van der Waals surface area contributed by atoms with Gasteiger partial charge < -0.3 is 35.5 Å². The number of nitrogens with one attached hydrogen (secondary N) is 3. The quantitative estimate of drug-likeness (QED) is 0.230. The van der Waals surface area contributed by atoms with E-state index in [1.807, 2.05) is 30.3 Å². The summed E-state index contributed by atoms with van der Waals surface area (Å²) in [7, 11) is 0. The van der Waals surface area contributed by atoms with Crippen LogP contribution in [0.4, 0.5) is 0 Å². The van der Waals surface area contributed by atoms with Crippen LogP contribution in [0.3, 0.4) is 0 Å². The van der Waals surface area contributed by atoms with Crippen LogP contribution in [-0.4, -0.2) is 66.6 Å². The van der Waals surface area contributed by atoms with Crippen LogP contribution < -0.4 is 21.1 Å². The van der Waals surface area contributed by atoms with Crippen molar-refractivity contribution in [1.82, 2.24) is 15.5 Å². The Morgan fingerprint density at radius 2 is 1.70 bits per heavy atom. The summed E-state index contributed by atoms with van der Waals surface area (Å²) < 4.78 is 17.3. The first kappa shape index (κ1) is 27.3. The van der Waals surface area contributed by atoms with Gasteiger partial charge in [-0.1, -0.05) is 18.2 Å². The minimum Gasteiger partial charge on any atom is -0.457 e. The molecule has 11 nitrogen and oxygen atoms in total. The lowest BCUT2D eigenvalue weighted by Gasteiger charge is -2.24. The van der Waals surface area contributed by atoms with Gasteiger partial charge in [0.05, 0.1) is 37.7 Å². The number of hydrogen-bond donors (Lipinski definition) is 4. The zero-order chi connectivity index (χ0) is 28.1. The van der Waals surface area contributed by atoms with Crippen LogP contribution in [0.15, 0.2) is 66.7 Å². The molecule has 5 rings (SSSR count). The summed E-state index contributed by atoms with van der Waals surface area (Å²) in [5.41, 5.74) is 5.89. The fourth-order valence-electron chi connectivity index (χ4n) is 4.61. The summed E-state index contributed by atoms with van der Waals surface area (Å²) in [5, 5.41) is 13.0. The van der Waals surface area contributed by atoms with Gasteiger partial charge in [-0.25, -0.2) is 0 Å². The number of para-hydroxylation sites is 1. The summed E-state index contributed by atoms with van der Waals surface area (Å²) >= 11 is 1.31. The second kappa shape index (κ2) is 11.9. The van der Waals surface area contributed by atoms with Crippen molar-refractivity contribution in [2.75, 3.05) is 26.3 Å². The van der Waals surface area contributed by atoms with Crippen LogP contribution in [0.1, 0.15) is 26.5 Å². The first-order valence-corrected chi connectivity index (χ1v) is 13.5. The number of carbonyl (C=O) groups is 3.